The van der Waals surface area contributed by atoms with Crippen molar-refractivity contribution in [2.75, 3.05) is 6.61 Å². The fourth-order valence-corrected chi connectivity index (χ4v) is 2.85. The summed E-state index contributed by atoms with van der Waals surface area (Å²) in [6.45, 7) is 2.83. The Morgan fingerprint density at radius 3 is 2.79 bits per heavy atom. The number of aryl methyl sites for hydroxylation is 1. The topological polar surface area (TPSA) is 61.2 Å². The van der Waals surface area contributed by atoms with E-state index in [1.54, 1.807) is 28.8 Å². The van der Waals surface area contributed by atoms with E-state index in [1.807, 2.05) is 13.0 Å². The van der Waals surface area contributed by atoms with Crippen molar-refractivity contribution in [2.45, 2.75) is 32.7 Å². The number of rotatable bonds is 6. The number of carbonyl (C=O) groups excluding carboxylic acids is 1. The number of fused-ring (bicyclic) bond motifs is 1. The Morgan fingerprint density at radius 2 is 2.08 bits per heavy atom. The second-order valence-corrected chi connectivity index (χ2v) is 5.68. The molecule has 0 saturated heterocycles. The lowest BCUT2D eigenvalue weighted by molar-refractivity contribution is 0.112. The van der Waals surface area contributed by atoms with Gasteiger partial charge in [0.2, 0.25) is 0 Å². The first-order valence-corrected chi connectivity index (χ1v) is 8.20. The minimum absolute atomic E-state index is 0.0427. The number of carbonyl (C=O) groups is 1. The molecule has 1 aliphatic carbocycles. The van der Waals surface area contributed by atoms with E-state index >= 15 is 0 Å². The fourth-order valence-electron chi connectivity index (χ4n) is 2.85. The van der Waals surface area contributed by atoms with Gasteiger partial charge >= 0.3 is 0 Å². The second kappa shape index (κ2) is 7.25. The zero-order chi connectivity index (χ0) is 16.9. The minimum Gasteiger partial charge on any atom is -0.492 e. The average Bonchev–Trinajstić information content (AvgIpc) is 2.64. The molecule has 1 aromatic carbocycles. The van der Waals surface area contributed by atoms with Crippen LogP contribution in [0, 0.1) is 0 Å². The molecule has 0 spiro atoms. The summed E-state index contributed by atoms with van der Waals surface area (Å²) in [7, 11) is 0. The number of aromatic nitrogens is 2. The highest BCUT2D eigenvalue weighted by molar-refractivity contribution is 5.74. The van der Waals surface area contributed by atoms with Gasteiger partial charge in [0.05, 0.1) is 12.2 Å². The summed E-state index contributed by atoms with van der Waals surface area (Å²) in [5.74, 6) is 1.46. The summed E-state index contributed by atoms with van der Waals surface area (Å²) in [5.41, 5.74) is 2.26. The molecule has 1 aliphatic rings. The van der Waals surface area contributed by atoms with Crippen molar-refractivity contribution in [1.82, 2.24) is 9.55 Å². The number of benzene rings is 1. The van der Waals surface area contributed by atoms with Crippen LogP contribution in [-0.4, -0.2) is 22.4 Å². The Morgan fingerprint density at radius 1 is 1.29 bits per heavy atom. The summed E-state index contributed by atoms with van der Waals surface area (Å²) in [5, 5.41) is 0. The van der Waals surface area contributed by atoms with E-state index in [-0.39, 0.29) is 5.56 Å². The van der Waals surface area contributed by atoms with Crippen LogP contribution in [0.1, 0.15) is 40.8 Å². The molecule has 5 nitrogen and oxygen atoms in total. The van der Waals surface area contributed by atoms with Gasteiger partial charge in [-0.25, -0.2) is 4.98 Å². The van der Waals surface area contributed by atoms with E-state index in [4.69, 9.17) is 4.74 Å². The number of allylic oxidation sites excluding steroid dienone is 1. The Kier molecular flexibility index (Phi) is 4.89. The fraction of sp³-hybridized carbons (Fsp3) is 0.316. The van der Waals surface area contributed by atoms with E-state index in [0.717, 1.165) is 36.2 Å². The summed E-state index contributed by atoms with van der Waals surface area (Å²) >= 11 is 0. The molecule has 0 amide bonds. The zero-order valence-corrected chi connectivity index (χ0v) is 13.7. The molecule has 0 radical (unpaired) electrons. The molecule has 0 bridgehead atoms. The molecule has 0 unspecified atom stereocenters. The van der Waals surface area contributed by atoms with E-state index in [1.165, 1.54) is 0 Å². The highest BCUT2D eigenvalue weighted by Crippen LogP contribution is 2.15. The van der Waals surface area contributed by atoms with Gasteiger partial charge in [0.15, 0.2) is 0 Å². The highest BCUT2D eigenvalue weighted by atomic mass is 16.5. The SMILES string of the molecule is CCc1nc2c(c(=O)n1CCOc1ccc(C=O)cc1)CCC=C2. The van der Waals surface area contributed by atoms with Crippen molar-refractivity contribution in [1.29, 1.82) is 0 Å². The molecule has 0 aliphatic heterocycles. The van der Waals surface area contributed by atoms with Gasteiger partial charge in [-0.15, -0.1) is 0 Å². The first-order valence-electron chi connectivity index (χ1n) is 8.20. The molecule has 1 aromatic heterocycles. The van der Waals surface area contributed by atoms with Gasteiger partial charge in [-0.2, -0.15) is 0 Å². The van der Waals surface area contributed by atoms with Crippen molar-refractivity contribution < 1.29 is 9.53 Å². The van der Waals surface area contributed by atoms with Gasteiger partial charge in [0.1, 0.15) is 24.5 Å². The number of ether oxygens (including phenoxy) is 1. The number of aldehydes is 1. The Balaban J connectivity index is 1.75. The van der Waals surface area contributed by atoms with Gasteiger partial charge < -0.3 is 4.74 Å². The van der Waals surface area contributed by atoms with Crippen LogP contribution in [0.15, 0.2) is 35.1 Å². The van der Waals surface area contributed by atoms with E-state index < -0.39 is 0 Å². The third-order valence-electron chi connectivity index (χ3n) is 4.13. The smallest absolute Gasteiger partial charge is 0.257 e. The first-order chi connectivity index (χ1) is 11.7. The van der Waals surface area contributed by atoms with Crippen molar-refractivity contribution >= 4 is 12.4 Å². The Bertz CT molecular complexity index is 820. The second-order valence-electron chi connectivity index (χ2n) is 5.68. The summed E-state index contributed by atoms with van der Waals surface area (Å²) < 4.78 is 7.41. The molecule has 2 aromatic rings. The lowest BCUT2D eigenvalue weighted by Gasteiger charge is -2.17. The number of nitrogens with zero attached hydrogens (tertiary/aromatic N) is 2. The monoisotopic (exact) mass is 324 g/mol. The standard InChI is InChI=1S/C19H20N2O3/c1-2-18-20-17-6-4-3-5-16(17)19(23)21(18)11-12-24-15-9-7-14(13-22)8-10-15/h4,6-10,13H,2-3,5,11-12H2,1H3. The van der Waals surface area contributed by atoms with Crippen molar-refractivity contribution in [3.63, 3.8) is 0 Å². The van der Waals surface area contributed by atoms with Crippen LogP contribution < -0.4 is 10.3 Å². The molecule has 124 valence electrons. The maximum Gasteiger partial charge on any atom is 0.257 e. The number of hydrogen-bond donors (Lipinski definition) is 0. The van der Waals surface area contributed by atoms with E-state index in [9.17, 15) is 9.59 Å². The third kappa shape index (κ3) is 3.30. The quantitative estimate of drug-likeness (QED) is 0.767. The van der Waals surface area contributed by atoms with Crippen LogP contribution >= 0.6 is 0 Å². The molecule has 1 heterocycles. The van der Waals surface area contributed by atoms with Crippen molar-refractivity contribution in [3.8, 4) is 5.75 Å². The average molecular weight is 324 g/mol. The van der Waals surface area contributed by atoms with Gasteiger partial charge in [0, 0.05) is 17.5 Å². The molecule has 5 heteroatoms. The largest absolute Gasteiger partial charge is 0.492 e. The molecule has 3 rings (SSSR count). The van der Waals surface area contributed by atoms with Crippen LogP contribution in [0.25, 0.3) is 6.08 Å². The van der Waals surface area contributed by atoms with Gasteiger partial charge in [0.25, 0.3) is 5.56 Å². The highest BCUT2D eigenvalue weighted by Gasteiger charge is 2.15. The third-order valence-corrected chi connectivity index (χ3v) is 4.13. The summed E-state index contributed by atoms with van der Waals surface area (Å²) in [6, 6.07) is 6.92. The van der Waals surface area contributed by atoms with Gasteiger partial charge in [-0.05, 0) is 43.2 Å². The molecular formula is C19H20N2O3. The molecule has 0 atom stereocenters. The number of hydrogen-bond acceptors (Lipinski definition) is 4. The van der Waals surface area contributed by atoms with Crippen LogP contribution in [0.5, 0.6) is 5.75 Å². The maximum atomic E-state index is 12.7. The van der Waals surface area contributed by atoms with Crippen LogP contribution in [0.3, 0.4) is 0 Å². The van der Waals surface area contributed by atoms with Crippen molar-refractivity contribution in [3.05, 3.63) is 63.3 Å². The predicted molar refractivity (Wildman–Crippen MR) is 92.6 cm³/mol. The Hall–Kier alpha value is -2.69. The Labute approximate surface area is 140 Å². The normalized spacial score (nSPS) is 12.7. The maximum absolute atomic E-state index is 12.7. The molecule has 0 saturated carbocycles. The molecule has 24 heavy (non-hydrogen) atoms. The molecular weight excluding hydrogens is 304 g/mol. The minimum atomic E-state index is 0.0427. The lowest BCUT2D eigenvalue weighted by Crippen LogP contribution is -2.31. The molecule has 0 fully saturated rings. The summed E-state index contributed by atoms with van der Waals surface area (Å²) in [4.78, 5) is 28.0. The van der Waals surface area contributed by atoms with Gasteiger partial charge in [-0.1, -0.05) is 13.0 Å². The van der Waals surface area contributed by atoms with Crippen LogP contribution in [0.2, 0.25) is 0 Å². The van der Waals surface area contributed by atoms with Crippen LogP contribution in [0.4, 0.5) is 0 Å². The van der Waals surface area contributed by atoms with E-state index in [2.05, 4.69) is 11.1 Å². The lowest BCUT2D eigenvalue weighted by atomic mass is 10.0. The summed E-state index contributed by atoms with van der Waals surface area (Å²) in [6.07, 6.45) is 7.12. The van der Waals surface area contributed by atoms with Crippen molar-refractivity contribution in [2.24, 2.45) is 0 Å². The predicted octanol–water partition coefficient (Wildman–Crippen LogP) is 2.66. The van der Waals surface area contributed by atoms with E-state index in [0.29, 0.717) is 30.9 Å². The van der Waals surface area contributed by atoms with Crippen LogP contribution in [-0.2, 0) is 19.4 Å². The van der Waals surface area contributed by atoms with Gasteiger partial charge in [-0.3, -0.25) is 14.2 Å². The first kappa shape index (κ1) is 16.2. The molecule has 0 N–H and O–H groups in total. The zero-order valence-electron chi connectivity index (χ0n) is 13.7.